The molecule has 2 fully saturated rings. The number of nitrogens with zero attached hydrogens (tertiary/aromatic N) is 6. The van der Waals surface area contributed by atoms with Crippen molar-refractivity contribution < 1.29 is 23.8 Å². The molecular weight excluding hydrogens is 673 g/mol. The van der Waals surface area contributed by atoms with Gasteiger partial charge in [0.25, 0.3) is 5.91 Å². The molecule has 12 heteroatoms. The highest BCUT2D eigenvalue weighted by Gasteiger charge is 2.28. The topological polar surface area (TPSA) is 138 Å². The Morgan fingerprint density at radius 3 is 2.53 bits per heavy atom. The van der Waals surface area contributed by atoms with Crippen LogP contribution in [-0.4, -0.2) is 73.4 Å². The number of aromatic nitrogens is 4. The van der Waals surface area contributed by atoms with E-state index in [-0.39, 0.29) is 36.7 Å². The first-order valence-electron chi connectivity index (χ1n) is 18.9. The molecular formula is C41H54FN7O4. The molecule has 53 heavy (non-hydrogen) atoms. The molecule has 2 saturated heterocycles. The van der Waals surface area contributed by atoms with Crippen molar-refractivity contribution in [2.75, 3.05) is 26.3 Å². The number of amides is 1. The SMILES string of the molecule is CCC(C)(CCO)NC(=O)c1ccc2nc(CN3CCC(c4cncc(OCc5ccc(C#N)cc5F)n4)CC3)n(CC3CCO3)c2c1.CCC(C)C. The molecule has 0 spiro atoms. The number of piperidine rings is 1. The van der Waals surface area contributed by atoms with Crippen LogP contribution in [0.2, 0.25) is 0 Å². The number of carbonyl (C=O) groups is 1. The van der Waals surface area contributed by atoms with Crippen LogP contribution in [0.15, 0.2) is 48.8 Å². The summed E-state index contributed by atoms with van der Waals surface area (Å²) in [6.07, 6.45) is 8.71. The number of nitriles is 1. The summed E-state index contributed by atoms with van der Waals surface area (Å²) in [4.78, 5) is 29.7. The van der Waals surface area contributed by atoms with Gasteiger partial charge >= 0.3 is 0 Å². The zero-order chi connectivity index (χ0) is 38.0. The minimum absolute atomic E-state index is 0.00494. The molecule has 0 bridgehead atoms. The number of hydrogen-bond donors (Lipinski definition) is 2. The van der Waals surface area contributed by atoms with Gasteiger partial charge in [-0.25, -0.2) is 14.4 Å². The fourth-order valence-corrected chi connectivity index (χ4v) is 6.29. The summed E-state index contributed by atoms with van der Waals surface area (Å²) in [6.45, 7) is 14.4. The molecule has 2 aliphatic heterocycles. The maximum atomic E-state index is 14.3. The number of likely N-dealkylation sites (tertiary alicyclic amines) is 1. The number of aliphatic hydroxyl groups excluding tert-OH is 1. The number of aliphatic hydroxyl groups is 1. The van der Waals surface area contributed by atoms with Gasteiger partial charge in [0.2, 0.25) is 5.88 Å². The monoisotopic (exact) mass is 727 g/mol. The van der Waals surface area contributed by atoms with Crippen molar-refractivity contribution in [1.29, 1.82) is 5.26 Å². The van der Waals surface area contributed by atoms with E-state index in [0.29, 0.717) is 42.9 Å². The van der Waals surface area contributed by atoms with Crippen molar-refractivity contribution in [1.82, 2.24) is 29.7 Å². The Labute approximate surface area is 312 Å². The van der Waals surface area contributed by atoms with Crippen LogP contribution < -0.4 is 10.1 Å². The van der Waals surface area contributed by atoms with E-state index < -0.39 is 11.4 Å². The average molecular weight is 728 g/mol. The Morgan fingerprint density at radius 2 is 1.91 bits per heavy atom. The molecule has 2 aromatic heterocycles. The van der Waals surface area contributed by atoms with Gasteiger partial charge in [-0.05, 0) is 88.4 Å². The average Bonchev–Trinajstić information content (AvgIpc) is 3.48. The minimum atomic E-state index is -0.487. The molecule has 2 aliphatic rings. The van der Waals surface area contributed by atoms with E-state index in [2.05, 4.69) is 45.5 Å². The second-order valence-electron chi connectivity index (χ2n) is 14.8. The summed E-state index contributed by atoms with van der Waals surface area (Å²) in [5, 5.41) is 21.6. The van der Waals surface area contributed by atoms with Crippen LogP contribution >= 0.6 is 0 Å². The fraction of sp³-hybridized carbons (Fsp3) is 0.537. The summed E-state index contributed by atoms with van der Waals surface area (Å²) >= 11 is 0. The van der Waals surface area contributed by atoms with Crippen LogP contribution in [0.1, 0.15) is 112 Å². The van der Waals surface area contributed by atoms with Gasteiger partial charge in [-0.3, -0.25) is 14.7 Å². The van der Waals surface area contributed by atoms with E-state index in [0.717, 1.165) is 67.4 Å². The summed E-state index contributed by atoms with van der Waals surface area (Å²) in [5.41, 5.74) is 3.31. The Bertz CT molecular complexity index is 1860. The van der Waals surface area contributed by atoms with Crippen molar-refractivity contribution in [3.05, 3.63) is 82.8 Å². The second-order valence-corrected chi connectivity index (χ2v) is 14.8. The maximum absolute atomic E-state index is 14.3. The molecule has 4 aromatic rings. The Hall–Kier alpha value is -4.44. The number of halogens is 1. The van der Waals surface area contributed by atoms with Gasteiger partial charge in [-0.1, -0.05) is 40.2 Å². The van der Waals surface area contributed by atoms with Gasteiger partial charge in [-0.2, -0.15) is 5.26 Å². The Morgan fingerprint density at radius 1 is 1.15 bits per heavy atom. The summed E-state index contributed by atoms with van der Waals surface area (Å²) in [5.74, 6) is 1.73. The van der Waals surface area contributed by atoms with Crippen LogP contribution in [0.5, 0.6) is 5.88 Å². The molecule has 2 N–H and O–H groups in total. The number of rotatable bonds is 14. The molecule has 4 heterocycles. The van der Waals surface area contributed by atoms with E-state index in [1.165, 1.54) is 18.7 Å². The van der Waals surface area contributed by atoms with Crippen LogP contribution in [-0.2, 0) is 24.4 Å². The lowest BCUT2D eigenvalue weighted by Gasteiger charge is -2.32. The molecule has 1 amide bonds. The van der Waals surface area contributed by atoms with E-state index >= 15 is 0 Å². The molecule has 11 nitrogen and oxygen atoms in total. The predicted molar refractivity (Wildman–Crippen MR) is 202 cm³/mol. The van der Waals surface area contributed by atoms with Gasteiger partial charge in [-0.15, -0.1) is 0 Å². The Kier molecular flexibility index (Phi) is 13.9. The first-order chi connectivity index (χ1) is 25.5. The van der Waals surface area contributed by atoms with Crippen molar-refractivity contribution in [3.8, 4) is 11.9 Å². The molecule has 0 aliphatic carbocycles. The van der Waals surface area contributed by atoms with E-state index in [4.69, 9.17) is 19.7 Å². The number of carbonyl (C=O) groups excluding carboxylic acids is 1. The van der Waals surface area contributed by atoms with Gasteiger partial charge < -0.3 is 24.5 Å². The smallest absolute Gasteiger partial charge is 0.251 e. The largest absolute Gasteiger partial charge is 0.472 e. The van der Waals surface area contributed by atoms with Gasteiger partial charge in [0.1, 0.15) is 18.2 Å². The van der Waals surface area contributed by atoms with Crippen molar-refractivity contribution in [3.63, 3.8) is 0 Å². The highest BCUT2D eigenvalue weighted by atomic mass is 19.1. The summed E-state index contributed by atoms with van der Waals surface area (Å²) in [7, 11) is 0. The van der Waals surface area contributed by atoms with Crippen LogP contribution in [0.3, 0.4) is 0 Å². The van der Waals surface area contributed by atoms with Crippen molar-refractivity contribution in [2.24, 2.45) is 5.92 Å². The van der Waals surface area contributed by atoms with E-state index in [1.807, 2.05) is 38.1 Å². The van der Waals surface area contributed by atoms with Gasteiger partial charge in [0.15, 0.2) is 0 Å². The maximum Gasteiger partial charge on any atom is 0.251 e. The lowest BCUT2D eigenvalue weighted by Crippen LogP contribution is -2.46. The van der Waals surface area contributed by atoms with Crippen LogP contribution in [0.4, 0.5) is 4.39 Å². The molecule has 6 rings (SSSR count). The quantitative estimate of drug-likeness (QED) is 0.142. The zero-order valence-electron chi connectivity index (χ0n) is 31.8. The molecule has 2 atom stereocenters. The highest BCUT2D eigenvalue weighted by molar-refractivity contribution is 5.97. The Balaban J connectivity index is 0.00000101. The molecule has 0 radical (unpaired) electrons. The van der Waals surface area contributed by atoms with E-state index in [1.54, 1.807) is 18.3 Å². The lowest BCUT2D eigenvalue weighted by molar-refractivity contribution is -0.0592. The fourth-order valence-electron chi connectivity index (χ4n) is 6.29. The lowest BCUT2D eigenvalue weighted by atomic mass is 9.94. The minimum Gasteiger partial charge on any atom is -0.472 e. The number of imidazole rings is 1. The number of nitrogens with one attached hydrogen (secondary N) is 1. The standard InChI is InChI=1S/C36H42FN7O4.C5H12/c1-3-36(2,11-14-45)42-35(46)26-6-7-30-32(17-26)44(21-28-10-15-47-28)33(40-30)22-43-12-8-25(9-13-43)31-19-39-20-34(41-31)48-23-27-5-4-24(18-38)16-29(27)37;1-4-5(2)3/h4-7,16-17,19-20,25,28,45H,3,8-15,21-23H2,1-2H3,(H,42,46);5H,4H2,1-3H3. The third-order valence-corrected chi connectivity index (χ3v) is 10.5. The van der Waals surface area contributed by atoms with Crippen LogP contribution in [0, 0.1) is 23.1 Å². The molecule has 0 saturated carbocycles. The van der Waals surface area contributed by atoms with Crippen molar-refractivity contribution in [2.45, 2.75) is 110 Å². The van der Waals surface area contributed by atoms with E-state index in [9.17, 15) is 14.3 Å². The van der Waals surface area contributed by atoms with Crippen LogP contribution in [0.25, 0.3) is 11.0 Å². The predicted octanol–water partition coefficient (Wildman–Crippen LogP) is 6.92. The zero-order valence-corrected chi connectivity index (χ0v) is 31.8. The molecule has 2 aromatic carbocycles. The molecule has 284 valence electrons. The molecule has 2 unspecified atom stereocenters. The normalized spacial score (nSPS) is 17.4. The van der Waals surface area contributed by atoms with Crippen molar-refractivity contribution >= 4 is 16.9 Å². The third kappa shape index (κ3) is 10.6. The summed E-state index contributed by atoms with van der Waals surface area (Å²) < 4.78 is 28.1. The first kappa shape index (κ1) is 39.8. The number of benzene rings is 2. The number of fused-ring (bicyclic) bond motifs is 1. The number of ether oxygens (including phenoxy) is 2. The van der Waals surface area contributed by atoms with Gasteiger partial charge in [0.05, 0.1) is 53.8 Å². The highest BCUT2D eigenvalue weighted by Crippen LogP contribution is 2.30. The second kappa shape index (κ2) is 18.5. The first-order valence-corrected chi connectivity index (χ1v) is 18.9. The van der Waals surface area contributed by atoms with Gasteiger partial charge in [0, 0.05) is 42.0 Å². The summed E-state index contributed by atoms with van der Waals surface area (Å²) in [6, 6.07) is 11.9. The number of hydrogen-bond acceptors (Lipinski definition) is 9. The third-order valence-electron chi connectivity index (χ3n) is 10.5.